The van der Waals surface area contributed by atoms with Crippen molar-refractivity contribution in [3.8, 4) is 11.8 Å². The van der Waals surface area contributed by atoms with Crippen molar-refractivity contribution in [1.82, 2.24) is 4.90 Å². The third kappa shape index (κ3) is 3.72. The fourth-order valence-corrected chi connectivity index (χ4v) is 2.88. The first kappa shape index (κ1) is 14.8. The zero-order valence-electron chi connectivity index (χ0n) is 12.3. The molecule has 2 rings (SSSR count). The Balaban J connectivity index is 2.07. The van der Waals surface area contributed by atoms with Gasteiger partial charge in [0, 0.05) is 25.8 Å². The number of nitrogens with zero attached hydrogens (tertiary/aromatic N) is 2. The van der Waals surface area contributed by atoms with Crippen molar-refractivity contribution in [3.63, 3.8) is 0 Å². The minimum absolute atomic E-state index is 0.610. The van der Waals surface area contributed by atoms with E-state index < -0.39 is 0 Å². The molecule has 1 aliphatic heterocycles. The van der Waals surface area contributed by atoms with E-state index in [1.54, 1.807) is 20.3 Å². The van der Waals surface area contributed by atoms with Gasteiger partial charge in [-0.05, 0) is 43.5 Å². The van der Waals surface area contributed by atoms with Gasteiger partial charge in [0.15, 0.2) is 0 Å². The molecule has 4 nitrogen and oxygen atoms in total. The maximum Gasteiger partial charge on any atom is 0.123 e. The first-order valence-electron chi connectivity index (χ1n) is 7.05. The van der Waals surface area contributed by atoms with Crippen molar-refractivity contribution >= 4 is 0 Å². The molecule has 1 aliphatic rings. The average molecular weight is 274 g/mol. The minimum atomic E-state index is 0.610. The van der Waals surface area contributed by atoms with Gasteiger partial charge in [0.1, 0.15) is 5.75 Å². The molecule has 1 saturated heterocycles. The Morgan fingerprint density at radius 3 is 2.95 bits per heavy atom. The van der Waals surface area contributed by atoms with Crippen LogP contribution in [0.4, 0.5) is 0 Å². The highest BCUT2D eigenvalue weighted by Gasteiger charge is 2.20. The molecular weight excluding hydrogens is 252 g/mol. The summed E-state index contributed by atoms with van der Waals surface area (Å²) in [4.78, 5) is 2.42. The van der Waals surface area contributed by atoms with Gasteiger partial charge in [0.2, 0.25) is 0 Å². The molecule has 108 valence electrons. The van der Waals surface area contributed by atoms with Crippen LogP contribution in [0.2, 0.25) is 0 Å². The number of benzene rings is 1. The van der Waals surface area contributed by atoms with Crippen molar-refractivity contribution in [2.75, 3.05) is 33.9 Å². The second kappa shape index (κ2) is 7.28. The maximum atomic E-state index is 9.02. The number of rotatable bonds is 5. The number of hydrogen-bond donors (Lipinski definition) is 0. The third-order valence-electron chi connectivity index (χ3n) is 3.81. The number of hydrogen-bond acceptors (Lipinski definition) is 4. The molecule has 0 N–H and O–H groups in total. The van der Waals surface area contributed by atoms with Gasteiger partial charge in [-0.25, -0.2) is 0 Å². The predicted octanol–water partition coefficient (Wildman–Crippen LogP) is 2.43. The van der Waals surface area contributed by atoms with E-state index >= 15 is 0 Å². The standard InChI is InChI=1S/C16H22N2O2/c1-19-12-14-4-3-7-18(10-14)11-15-8-13(9-17)5-6-16(15)20-2/h5-6,8,14H,3-4,7,10-12H2,1-2H3. The van der Waals surface area contributed by atoms with Crippen LogP contribution < -0.4 is 4.74 Å². The van der Waals surface area contributed by atoms with E-state index in [1.807, 2.05) is 12.1 Å². The van der Waals surface area contributed by atoms with E-state index in [-0.39, 0.29) is 0 Å². The van der Waals surface area contributed by atoms with Crippen LogP contribution in [0.3, 0.4) is 0 Å². The molecule has 0 saturated carbocycles. The van der Waals surface area contributed by atoms with E-state index in [2.05, 4.69) is 11.0 Å². The smallest absolute Gasteiger partial charge is 0.123 e. The Morgan fingerprint density at radius 2 is 2.25 bits per heavy atom. The fraction of sp³-hybridized carbons (Fsp3) is 0.562. The Hall–Kier alpha value is -1.57. The van der Waals surface area contributed by atoms with Crippen LogP contribution >= 0.6 is 0 Å². The Bertz CT molecular complexity index is 480. The highest BCUT2D eigenvalue weighted by molar-refractivity contribution is 5.42. The summed E-state index contributed by atoms with van der Waals surface area (Å²) < 4.78 is 10.7. The third-order valence-corrected chi connectivity index (χ3v) is 3.81. The van der Waals surface area contributed by atoms with Crippen LogP contribution in [0.1, 0.15) is 24.0 Å². The van der Waals surface area contributed by atoms with E-state index in [0.717, 1.165) is 37.6 Å². The SMILES string of the molecule is COCC1CCCN(Cc2cc(C#N)ccc2OC)C1. The molecule has 0 spiro atoms. The summed E-state index contributed by atoms with van der Waals surface area (Å²) in [7, 11) is 3.44. The van der Waals surface area contributed by atoms with Crippen molar-refractivity contribution in [2.24, 2.45) is 5.92 Å². The van der Waals surface area contributed by atoms with Crippen molar-refractivity contribution in [1.29, 1.82) is 5.26 Å². The molecule has 20 heavy (non-hydrogen) atoms. The highest BCUT2D eigenvalue weighted by atomic mass is 16.5. The molecule has 1 atom stereocenters. The lowest BCUT2D eigenvalue weighted by Crippen LogP contribution is -2.36. The molecule has 1 unspecified atom stereocenters. The quantitative estimate of drug-likeness (QED) is 0.827. The Labute approximate surface area is 120 Å². The first-order chi connectivity index (χ1) is 9.76. The van der Waals surface area contributed by atoms with Crippen LogP contribution in [-0.4, -0.2) is 38.8 Å². The Kier molecular flexibility index (Phi) is 5.40. The summed E-state index contributed by atoms with van der Waals surface area (Å²) in [5.74, 6) is 1.47. The molecule has 0 amide bonds. The predicted molar refractivity (Wildman–Crippen MR) is 77.6 cm³/mol. The largest absolute Gasteiger partial charge is 0.496 e. The highest BCUT2D eigenvalue weighted by Crippen LogP contribution is 2.24. The van der Waals surface area contributed by atoms with E-state index in [4.69, 9.17) is 14.7 Å². The molecular formula is C16H22N2O2. The van der Waals surface area contributed by atoms with Gasteiger partial charge in [-0.3, -0.25) is 4.90 Å². The maximum absolute atomic E-state index is 9.02. The van der Waals surface area contributed by atoms with Crippen LogP contribution in [0.15, 0.2) is 18.2 Å². The second-order valence-corrected chi connectivity index (χ2v) is 5.34. The van der Waals surface area contributed by atoms with Crippen molar-refractivity contribution in [3.05, 3.63) is 29.3 Å². The number of nitriles is 1. The van der Waals surface area contributed by atoms with E-state index in [0.29, 0.717) is 11.5 Å². The minimum Gasteiger partial charge on any atom is -0.496 e. The molecule has 4 heteroatoms. The summed E-state index contributed by atoms with van der Waals surface area (Å²) in [6.45, 7) is 3.80. The lowest BCUT2D eigenvalue weighted by molar-refractivity contribution is 0.0870. The van der Waals surface area contributed by atoms with Crippen molar-refractivity contribution in [2.45, 2.75) is 19.4 Å². The van der Waals surface area contributed by atoms with Crippen LogP contribution in [0, 0.1) is 17.2 Å². The summed E-state index contributed by atoms with van der Waals surface area (Å²) in [6.07, 6.45) is 2.44. The van der Waals surface area contributed by atoms with Gasteiger partial charge in [0.25, 0.3) is 0 Å². The lowest BCUT2D eigenvalue weighted by atomic mass is 9.98. The zero-order chi connectivity index (χ0) is 14.4. The average Bonchev–Trinajstić information content (AvgIpc) is 2.48. The van der Waals surface area contributed by atoms with Gasteiger partial charge in [0.05, 0.1) is 25.3 Å². The van der Waals surface area contributed by atoms with Crippen LogP contribution in [0.5, 0.6) is 5.75 Å². The van der Waals surface area contributed by atoms with Gasteiger partial charge < -0.3 is 9.47 Å². The van der Waals surface area contributed by atoms with Gasteiger partial charge >= 0.3 is 0 Å². The van der Waals surface area contributed by atoms with Gasteiger partial charge in [-0.15, -0.1) is 0 Å². The molecule has 1 aromatic rings. The Morgan fingerprint density at radius 1 is 1.40 bits per heavy atom. The van der Waals surface area contributed by atoms with Crippen LogP contribution in [0.25, 0.3) is 0 Å². The second-order valence-electron chi connectivity index (χ2n) is 5.34. The molecule has 0 aliphatic carbocycles. The monoisotopic (exact) mass is 274 g/mol. The number of methoxy groups -OCH3 is 2. The van der Waals surface area contributed by atoms with Gasteiger partial charge in [-0.2, -0.15) is 5.26 Å². The summed E-state index contributed by atoms with van der Waals surface area (Å²) in [5.41, 5.74) is 1.77. The van der Waals surface area contributed by atoms with Gasteiger partial charge in [-0.1, -0.05) is 0 Å². The zero-order valence-corrected chi connectivity index (χ0v) is 12.3. The lowest BCUT2D eigenvalue weighted by Gasteiger charge is -2.32. The molecule has 1 heterocycles. The normalized spacial score (nSPS) is 19.6. The molecule has 0 aromatic heterocycles. The number of likely N-dealkylation sites (tertiary alicyclic amines) is 1. The number of piperidine rings is 1. The first-order valence-corrected chi connectivity index (χ1v) is 7.05. The van der Waals surface area contributed by atoms with Crippen molar-refractivity contribution < 1.29 is 9.47 Å². The molecule has 1 aromatic carbocycles. The number of ether oxygens (including phenoxy) is 2. The fourth-order valence-electron chi connectivity index (χ4n) is 2.88. The molecule has 0 bridgehead atoms. The summed E-state index contributed by atoms with van der Waals surface area (Å²) in [5, 5.41) is 9.02. The summed E-state index contributed by atoms with van der Waals surface area (Å²) >= 11 is 0. The van der Waals surface area contributed by atoms with E-state index in [9.17, 15) is 0 Å². The topological polar surface area (TPSA) is 45.5 Å². The van der Waals surface area contributed by atoms with E-state index in [1.165, 1.54) is 12.8 Å². The summed E-state index contributed by atoms with van der Waals surface area (Å²) in [6, 6.07) is 7.80. The molecule has 0 radical (unpaired) electrons. The molecule has 1 fully saturated rings. The van der Waals surface area contributed by atoms with Crippen LogP contribution in [-0.2, 0) is 11.3 Å².